The fourth-order valence-corrected chi connectivity index (χ4v) is 5.51. The summed E-state index contributed by atoms with van der Waals surface area (Å²) in [5.74, 6) is -0.851. The summed E-state index contributed by atoms with van der Waals surface area (Å²) in [5, 5.41) is 10.2. The zero-order chi connectivity index (χ0) is 32.1. The lowest BCUT2D eigenvalue weighted by molar-refractivity contribution is -0.143. The van der Waals surface area contributed by atoms with Gasteiger partial charge in [-0.2, -0.15) is 26.3 Å². The largest absolute Gasteiger partial charge is 0.508 e. The van der Waals surface area contributed by atoms with Crippen LogP contribution in [0.2, 0.25) is 0 Å². The first kappa shape index (κ1) is 33.8. The average molecular weight is 630 g/mol. The van der Waals surface area contributed by atoms with Crippen LogP contribution in [0.5, 0.6) is 5.75 Å². The number of alkyl halides is 6. The molecule has 1 amide bonds. The minimum Gasteiger partial charge on any atom is -0.508 e. The van der Waals surface area contributed by atoms with Gasteiger partial charge in [0.15, 0.2) is 0 Å². The Kier molecular flexibility index (Phi) is 11.0. The molecule has 2 heterocycles. The van der Waals surface area contributed by atoms with Gasteiger partial charge in [0.2, 0.25) is 0 Å². The number of aromatic hydroxyl groups is 1. The molecule has 2 fully saturated rings. The number of phenols is 1. The van der Waals surface area contributed by atoms with Crippen molar-refractivity contribution in [3.8, 4) is 5.75 Å². The molecule has 0 bridgehead atoms. The van der Waals surface area contributed by atoms with Gasteiger partial charge in [-0.15, -0.1) is 0 Å². The number of benzene rings is 2. The molecule has 0 aliphatic carbocycles. The van der Waals surface area contributed by atoms with E-state index >= 15 is 0 Å². The Labute approximate surface area is 252 Å². The van der Waals surface area contributed by atoms with Gasteiger partial charge < -0.3 is 19.5 Å². The highest BCUT2D eigenvalue weighted by Crippen LogP contribution is 2.37. The Hall–Kier alpha value is -3.13. The number of hydrogen-bond acceptors (Lipinski definition) is 6. The van der Waals surface area contributed by atoms with Crippen molar-refractivity contribution in [1.29, 1.82) is 0 Å². The van der Waals surface area contributed by atoms with Gasteiger partial charge in [0.05, 0.1) is 30.4 Å². The molecule has 2 saturated heterocycles. The maximum atomic E-state index is 13.6. The van der Waals surface area contributed by atoms with E-state index in [4.69, 9.17) is 9.47 Å². The minimum absolute atomic E-state index is 0.0128. The molecule has 2 aromatic rings. The van der Waals surface area contributed by atoms with Gasteiger partial charge in [-0.05, 0) is 48.7 Å². The van der Waals surface area contributed by atoms with Crippen molar-refractivity contribution in [2.24, 2.45) is 0 Å². The van der Waals surface area contributed by atoms with Crippen LogP contribution >= 0.6 is 0 Å². The Morgan fingerprint density at radius 2 is 1.59 bits per heavy atom. The summed E-state index contributed by atoms with van der Waals surface area (Å²) >= 11 is 0. The maximum Gasteiger partial charge on any atom is 0.416 e. The van der Waals surface area contributed by atoms with E-state index < -0.39 is 41.0 Å². The molecule has 0 radical (unpaired) electrons. The number of nitrogens with zero attached hydrogens (tertiary/aromatic N) is 3. The van der Waals surface area contributed by atoms with E-state index in [1.807, 2.05) is 12.2 Å². The van der Waals surface area contributed by atoms with E-state index in [9.17, 15) is 36.2 Å². The van der Waals surface area contributed by atoms with Crippen LogP contribution in [0.4, 0.5) is 26.3 Å². The average Bonchev–Trinajstić information content (AvgIpc) is 2.96. The second-order valence-electron chi connectivity index (χ2n) is 11.2. The highest BCUT2D eigenvalue weighted by molar-refractivity contribution is 5.95. The minimum atomic E-state index is -5.06. The number of methoxy groups -OCH3 is 1. The number of halogens is 6. The lowest BCUT2D eigenvalue weighted by Crippen LogP contribution is -2.56. The zero-order valence-corrected chi connectivity index (χ0v) is 24.6. The van der Waals surface area contributed by atoms with Gasteiger partial charge in [-0.1, -0.05) is 24.3 Å². The van der Waals surface area contributed by atoms with Gasteiger partial charge in [-0.25, -0.2) is 0 Å². The molecule has 13 heteroatoms. The van der Waals surface area contributed by atoms with Crippen LogP contribution in [0.3, 0.4) is 0 Å². The number of carbonyl (C=O) groups excluding carboxylic acids is 1. The molecule has 2 aromatic carbocycles. The molecular weight excluding hydrogens is 592 g/mol. The Balaban J connectivity index is 1.51. The Morgan fingerprint density at radius 3 is 2.18 bits per heavy atom. The van der Waals surface area contributed by atoms with Crippen LogP contribution in [-0.2, 0) is 28.2 Å². The van der Waals surface area contributed by atoms with Crippen LogP contribution < -0.4 is 0 Å². The first-order valence-electron chi connectivity index (χ1n) is 14.3. The quantitative estimate of drug-likeness (QED) is 0.311. The predicted octanol–water partition coefficient (Wildman–Crippen LogP) is 5.01. The van der Waals surface area contributed by atoms with E-state index in [-0.39, 0.29) is 30.9 Å². The van der Waals surface area contributed by atoms with Crippen molar-refractivity contribution in [3.05, 3.63) is 76.4 Å². The SMILES string of the molecule is COC[C@@H]1CN(C/C=C\CN2CCN(C(=O)c3cc(C(F)(F)F)cc(C(F)(F)F)c3)[C@H](Cc3ccc(C)c(O)c3)C2)CCO1. The molecule has 0 unspecified atom stereocenters. The molecule has 2 atom stereocenters. The van der Waals surface area contributed by atoms with E-state index in [0.29, 0.717) is 62.7 Å². The second kappa shape index (κ2) is 14.3. The van der Waals surface area contributed by atoms with Crippen LogP contribution in [-0.4, -0.2) is 104 Å². The molecule has 1 N–H and O–H groups in total. The van der Waals surface area contributed by atoms with Crippen molar-refractivity contribution in [2.75, 3.05) is 66.1 Å². The first-order chi connectivity index (χ1) is 20.7. The van der Waals surface area contributed by atoms with Crippen LogP contribution in [0.15, 0.2) is 48.6 Å². The standard InChI is InChI=1S/C31H37F6N3O4/c1-21-5-6-22(14-28(21)41)13-26-18-38(7-3-4-8-39-11-12-44-27(19-39)20-43-2)9-10-40(26)29(42)23-15-24(30(32,33)34)17-25(16-23)31(35,36)37/h3-6,14-17,26-27,41H,7-13,18-20H2,1-2H3/b4-3-/t26-,27+/m1/s1. The third-order valence-corrected chi connectivity index (χ3v) is 7.88. The van der Waals surface area contributed by atoms with Crippen molar-refractivity contribution in [2.45, 2.75) is 37.8 Å². The highest BCUT2D eigenvalue weighted by Gasteiger charge is 2.39. The molecule has 0 aromatic heterocycles. The van der Waals surface area contributed by atoms with Crippen molar-refractivity contribution < 1.29 is 45.7 Å². The van der Waals surface area contributed by atoms with Gasteiger partial charge in [-0.3, -0.25) is 14.6 Å². The summed E-state index contributed by atoms with van der Waals surface area (Å²) in [5.41, 5.74) is -2.41. The molecule has 44 heavy (non-hydrogen) atoms. The molecule has 4 rings (SSSR count). The zero-order valence-electron chi connectivity index (χ0n) is 24.6. The van der Waals surface area contributed by atoms with Gasteiger partial charge in [0, 0.05) is 64.5 Å². The number of phenolic OH excluding ortho intramolecular Hbond substituents is 1. The summed E-state index contributed by atoms with van der Waals surface area (Å²) in [6.07, 6.45) is -5.81. The number of carbonyl (C=O) groups is 1. The van der Waals surface area contributed by atoms with Gasteiger partial charge in [0.25, 0.3) is 5.91 Å². The molecular formula is C31H37F6N3O4. The Bertz CT molecular complexity index is 1280. The Morgan fingerprint density at radius 1 is 0.955 bits per heavy atom. The predicted molar refractivity (Wildman–Crippen MR) is 151 cm³/mol. The molecule has 0 saturated carbocycles. The number of hydrogen-bond donors (Lipinski definition) is 1. The number of morpholine rings is 1. The third-order valence-electron chi connectivity index (χ3n) is 7.88. The third kappa shape index (κ3) is 8.96. The number of aryl methyl sites for hydroxylation is 1. The smallest absolute Gasteiger partial charge is 0.416 e. The second-order valence-corrected chi connectivity index (χ2v) is 11.2. The number of amides is 1. The van der Waals surface area contributed by atoms with Crippen LogP contribution in [0, 0.1) is 6.92 Å². The number of rotatable bonds is 9. The van der Waals surface area contributed by atoms with Crippen LogP contribution in [0.1, 0.15) is 32.6 Å². The fraction of sp³-hybridized carbons (Fsp3) is 0.516. The normalized spacial score (nSPS) is 20.9. The van der Waals surface area contributed by atoms with Crippen molar-refractivity contribution in [3.63, 3.8) is 0 Å². The summed E-state index contributed by atoms with van der Waals surface area (Å²) in [7, 11) is 1.63. The van der Waals surface area contributed by atoms with Gasteiger partial charge >= 0.3 is 12.4 Å². The monoisotopic (exact) mass is 629 g/mol. The van der Waals surface area contributed by atoms with E-state index in [1.54, 1.807) is 32.2 Å². The molecule has 7 nitrogen and oxygen atoms in total. The van der Waals surface area contributed by atoms with E-state index in [2.05, 4.69) is 9.80 Å². The topological polar surface area (TPSA) is 65.5 Å². The van der Waals surface area contributed by atoms with E-state index in [0.717, 1.165) is 13.1 Å². The summed E-state index contributed by atoms with van der Waals surface area (Å²) < 4.78 is 91.9. The van der Waals surface area contributed by atoms with Gasteiger partial charge in [0.1, 0.15) is 5.75 Å². The summed E-state index contributed by atoms with van der Waals surface area (Å²) in [6.45, 7) is 6.48. The summed E-state index contributed by atoms with van der Waals surface area (Å²) in [6, 6.07) is 5.45. The summed E-state index contributed by atoms with van der Waals surface area (Å²) in [4.78, 5) is 19.3. The van der Waals surface area contributed by atoms with Crippen LogP contribution in [0.25, 0.3) is 0 Å². The number of piperazine rings is 1. The van der Waals surface area contributed by atoms with Crippen molar-refractivity contribution >= 4 is 5.91 Å². The first-order valence-corrected chi connectivity index (χ1v) is 14.3. The molecule has 2 aliphatic heterocycles. The fourth-order valence-electron chi connectivity index (χ4n) is 5.51. The maximum absolute atomic E-state index is 13.6. The molecule has 2 aliphatic rings. The van der Waals surface area contributed by atoms with Crippen molar-refractivity contribution in [1.82, 2.24) is 14.7 Å². The van der Waals surface area contributed by atoms with E-state index in [1.165, 1.54) is 4.90 Å². The molecule has 0 spiro atoms. The number of ether oxygens (including phenoxy) is 2. The lowest BCUT2D eigenvalue weighted by atomic mass is 9.98. The highest BCUT2D eigenvalue weighted by atomic mass is 19.4. The lowest BCUT2D eigenvalue weighted by Gasteiger charge is -2.41. The molecule has 242 valence electrons.